The zero-order valence-corrected chi connectivity index (χ0v) is 15.8. The smallest absolute Gasteiger partial charge is 0.419 e. The van der Waals surface area contributed by atoms with Crippen LogP contribution in [-0.4, -0.2) is 7.11 Å². The molecule has 2 aromatic rings. The van der Waals surface area contributed by atoms with E-state index in [9.17, 15) is 17.6 Å². The lowest BCUT2D eigenvalue weighted by Crippen LogP contribution is -2.16. The van der Waals surface area contributed by atoms with Crippen molar-refractivity contribution < 1.29 is 22.3 Å². The molecule has 0 aliphatic carbocycles. The summed E-state index contributed by atoms with van der Waals surface area (Å²) < 4.78 is 59.5. The molecular formula is C19H22ClF4NO. The Labute approximate surface area is 156 Å². The molecule has 0 aromatic heterocycles. The molecular weight excluding hydrogens is 370 g/mol. The largest absolute Gasteiger partial charge is 0.497 e. The van der Waals surface area contributed by atoms with Gasteiger partial charge < -0.3 is 10.5 Å². The Kier molecular flexibility index (Phi) is 7.08. The van der Waals surface area contributed by atoms with Crippen LogP contribution >= 0.6 is 12.4 Å². The molecule has 0 heterocycles. The lowest BCUT2D eigenvalue weighted by atomic mass is 9.90. The van der Waals surface area contributed by atoms with Crippen molar-refractivity contribution in [2.45, 2.75) is 39.4 Å². The quantitative estimate of drug-likeness (QED) is 0.652. The summed E-state index contributed by atoms with van der Waals surface area (Å²) in [6, 6.07) is 4.93. The highest BCUT2D eigenvalue weighted by molar-refractivity contribution is 5.85. The predicted molar refractivity (Wildman–Crippen MR) is 97.3 cm³/mol. The predicted octanol–water partition coefficient (Wildman–Crippen LogP) is 5.97. The number of halogens is 5. The minimum Gasteiger partial charge on any atom is -0.497 e. The zero-order chi connectivity index (χ0) is 18.9. The van der Waals surface area contributed by atoms with E-state index in [1.165, 1.54) is 13.2 Å². The average Bonchev–Trinajstić information content (AvgIpc) is 2.53. The van der Waals surface area contributed by atoms with Gasteiger partial charge in [0.05, 0.1) is 12.7 Å². The van der Waals surface area contributed by atoms with Crippen molar-refractivity contribution in [1.29, 1.82) is 0 Å². The van der Waals surface area contributed by atoms with Gasteiger partial charge in [-0.25, -0.2) is 4.39 Å². The first-order valence-corrected chi connectivity index (χ1v) is 7.92. The van der Waals surface area contributed by atoms with Gasteiger partial charge in [-0.1, -0.05) is 6.92 Å². The maximum atomic E-state index is 14.4. The standard InChI is InChI=1S/C19H21F4NO.ClH/c1-5-16(24)14-8-12(9-15(18(14)20)19(21,22)23)17-10(2)6-13(25-4)7-11(17)3;/h6-9,16H,5,24H2,1-4H3;1H/t16-;/m0./s1. The van der Waals surface area contributed by atoms with Crippen molar-refractivity contribution in [1.82, 2.24) is 0 Å². The summed E-state index contributed by atoms with van der Waals surface area (Å²) in [7, 11) is 1.52. The van der Waals surface area contributed by atoms with E-state index in [1.54, 1.807) is 32.9 Å². The van der Waals surface area contributed by atoms with Crippen molar-refractivity contribution in [2.75, 3.05) is 7.11 Å². The second-order valence-corrected chi connectivity index (χ2v) is 6.08. The monoisotopic (exact) mass is 391 g/mol. The van der Waals surface area contributed by atoms with Crippen LogP contribution in [0.25, 0.3) is 11.1 Å². The number of hydrogen-bond donors (Lipinski definition) is 1. The number of ether oxygens (including phenoxy) is 1. The van der Waals surface area contributed by atoms with Crippen LogP contribution in [0.4, 0.5) is 17.6 Å². The van der Waals surface area contributed by atoms with Crippen LogP contribution in [0.15, 0.2) is 24.3 Å². The molecule has 0 amide bonds. The van der Waals surface area contributed by atoms with Gasteiger partial charge in [0, 0.05) is 11.6 Å². The van der Waals surface area contributed by atoms with Gasteiger partial charge in [-0.2, -0.15) is 13.2 Å². The van der Waals surface area contributed by atoms with E-state index in [2.05, 4.69) is 0 Å². The second kappa shape index (κ2) is 8.27. The van der Waals surface area contributed by atoms with Crippen LogP contribution in [0.2, 0.25) is 0 Å². The average molecular weight is 392 g/mol. The van der Waals surface area contributed by atoms with Crippen LogP contribution in [0, 0.1) is 19.7 Å². The fourth-order valence-electron chi connectivity index (χ4n) is 2.98. The topological polar surface area (TPSA) is 35.2 Å². The summed E-state index contributed by atoms with van der Waals surface area (Å²) in [6.07, 6.45) is -4.46. The van der Waals surface area contributed by atoms with Crippen molar-refractivity contribution in [3.8, 4) is 16.9 Å². The zero-order valence-electron chi connectivity index (χ0n) is 15.0. The molecule has 26 heavy (non-hydrogen) atoms. The SMILES string of the molecule is CC[C@H](N)c1cc(-c2c(C)cc(OC)cc2C)cc(C(F)(F)F)c1F.Cl. The Balaban J connectivity index is 0.00000338. The van der Waals surface area contributed by atoms with E-state index in [1.807, 2.05) is 0 Å². The summed E-state index contributed by atoms with van der Waals surface area (Å²) in [6.45, 7) is 5.26. The molecule has 2 N–H and O–H groups in total. The third kappa shape index (κ3) is 4.30. The summed E-state index contributed by atoms with van der Waals surface area (Å²) in [5, 5.41) is 0. The third-order valence-corrected chi connectivity index (χ3v) is 4.28. The van der Waals surface area contributed by atoms with Crippen molar-refractivity contribution in [3.63, 3.8) is 0 Å². The van der Waals surface area contributed by atoms with Gasteiger partial charge in [0.1, 0.15) is 11.6 Å². The van der Waals surface area contributed by atoms with E-state index >= 15 is 0 Å². The molecule has 0 saturated heterocycles. The molecule has 0 spiro atoms. The number of alkyl halides is 3. The molecule has 0 bridgehead atoms. The van der Waals surface area contributed by atoms with Crippen LogP contribution < -0.4 is 10.5 Å². The van der Waals surface area contributed by atoms with Gasteiger partial charge in [0.15, 0.2) is 0 Å². The lowest BCUT2D eigenvalue weighted by molar-refractivity contribution is -0.140. The van der Waals surface area contributed by atoms with E-state index < -0.39 is 23.6 Å². The van der Waals surface area contributed by atoms with Crippen LogP contribution in [0.5, 0.6) is 5.75 Å². The molecule has 0 fully saturated rings. The number of methoxy groups -OCH3 is 1. The van der Waals surface area contributed by atoms with Crippen LogP contribution in [0.1, 0.15) is 41.6 Å². The summed E-state index contributed by atoms with van der Waals surface area (Å²) in [5.41, 5.74) is 6.84. The molecule has 7 heteroatoms. The summed E-state index contributed by atoms with van der Waals surface area (Å²) >= 11 is 0. The molecule has 1 atom stereocenters. The van der Waals surface area contributed by atoms with Gasteiger partial charge in [0.2, 0.25) is 0 Å². The van der Waals surface area contributed by atoms with Crippen LogP contribution in [0.3, 0.4) is 0 Å². The Morgan fingerprint density at radius 2 is 1.62 bits per heavy atom. The highest BCUT2D eigenvalue weighted by Gasteiger charge is 2.36. The molecule has 0 unspecified atom stereocenters. The number of hydrogen-bond acceptors (Lipinski definition) is 2. The minimum absolute atomic E-state index is 0. The number of nitrogens with two attached hydrogens (primary N) is 1. The van der Waals surface area contributed by atoms with Gasteiger partial charge in [-0.15, -0.1) is 12.4 Å². The first-order valence-electron chi connectivity index (χ1n) is 7.92. The van der Waals surface area contributed by atoms with Gasteiger partial charge >= 0.3 is 6.18 Å². The van der Waals surface area contributed by atoms with E-state index in [0.717, 1.165) is 17.2 Å². The molecule has 2 aromatic carbocycles. The number of aryl methyl sites for hydroxylation is 2. The number of rotatable bonds is 4. The molecule has 0 saturated carbocycles. The number of benzene rings is 2. The Bertz CT molecular complexity index is 767. The first kappa shape index (κ1) is 22.3. The molecule has 2 rings (SSSR count). The highest BCUT2D eigenvalue weighted by atomic mass is 35.5. The Hall–Kier alpha value is -1.79. The molecule has 0 aliphatic rings. The summed E-state index contributed by atoms with van der Waals surface area (Å²) in [4.78, 5) is 0. The lowest BCUT2D eigenvalue weighted by Gasteiger charge is -2.19. The van der Waals surface area contributed by atoms with Crippen molar-refractivity contribution in [2.24, 2.45) is 5.73 Å². The minimum atomic E-state index is -4.80. The maximum absolute atomic E-state index is 14.4. The van der Waals surface area contributed by atoms with Gasteiger partial charge in [-0.3, -0.25) is 0 Å². The first-order chi connectivity index (χ1) is 11.6. The molecule has 0 aliphatic heterocycles. The van der Waals surface area contributed by atoms with Crippen molar-refractivity contribution >= 4 is 12.4 Å². The fourth-order valence-corrected chi connectivity index (χ4v) is 2.98. The molecule has 144 valence electrons. The van der Waals surface area contributed by atoms with E-state index in [4.69, 9.17) is 10.5 Å². The third-order valence-electron chi connectivity index (χ3n) is 4.28. The molecule has 2 nitrogen and oxygen atoms in total. The van der Waals surface area contributed by atoms with E-state index in [0.29, 0.717) is 23.3 Å². The van der Waals surface area contributed by atoms with Gasteiger partial charge in [-0.05, 0) is 66.8 Å². The second-order valence-electron chi connectivity index (χ2n) is 6.08. The van der Waals surface area contributed by atoms with Gasteiger partial charge in [0.25, 0.3) is 0 Å². The normalized spacial score (nSPS) is 12.5. The maximum Gasteiger partial charge on any atom is 0.419 e. The highest BCUT2D eigenvalue weighted by Crippen LogP contribution is 2.39. The van der Waals surface area contributed by atoms with Crippen LogP contribution in [-0.2, 0) is 6.18 Å². The Morgan fingerprint density at radius 3 is 2.04 bits per heavy atom. The fraction of sp³-hybridized carbons (Fsp3) is 0.368. The Morgan fingerprint density at radius 1 is 1.08 bits per heavy atom. The molecule has 0 radical (unpaired) electrons. The summed E-state index contributed by atoms with van der Waals surface area (Å²) in [5.74, 6) is -0.684. The van der Waals surface area contributed by atoms with Crippen molar-refractivity contribution in [3.05, 3.63) is 52.3 Å². The van der Waals surface area contributed by atoms with E-state index in [-0.39, 0.29) is 18.0 Å².